The number of aryl methyl sites for hydroxylation is 1. The Morgan fingerprint density at radius 2 is 1.96 bits per heavy atom. The van der Waals surface area contributed by atoms with Crippen LogP contribution in [0, 0.1) is 12.8 Å². The van der Waals surface area contributed by atoms with Gasteiger partial charge in [0.1, 0.15) is 11.7 Å². The highest BCUT2D eigenvalue weighted by molar-refractivity contribution is 6.08. The molecule has 0 unspecified atom stereocenters. The van der Waals surface area contributed by atoms with Crippen molar-refractivity contribution in [1.82, 2.24) is 10.9 Å². The number of benzene rings is 2. The highest BCUT2D eigenvalue weighted by atomic mass is 16.3. The van der Waals surface area contributed by atoms with Gasteiger partial charge in [0, 0.05) is 11.3 Å². The number of hydrazine groups is 1. The van der Waals surface area contributed by atoms with E-state index in [0.717, 1.165) is 5.56 Å². The normalized spacial score (nSPS) is 20.1. The molecule has 0 radical (unpaired) electrons. The van der Waals surface area contributed by atoms with Crippen LogP contribution in [-0.4, -0.2) is 16.9 Å². The Bertz CT molecular complexity index is 760. The minimum absolute atomic E-state index is 0.0369. The number of anilines is 1. The molecule has 2 atom stereocenters. The van der Waals surface area contributed by atoms with Gasteiger partial charge in [0.05, 0.1) is 6.04 Å². The summed E-state index contributed by atoms with van der Waals surface area (Å²) in [6, 6.07) is 13.3. The maximum Gasteiger partial charge on any atom is 0.248 e. The highest BCUT2D eigenvalue weighted by Crippen LogP contribution is 2.32. The topological polar surface area (TPSA) is 90.5 Å². The molecule has 0 bridgehead atoms. The maximum atomic E-state index is 12.5. The molecule has 6 nitrogen and oxygen atoms in total. The van der Waals surface area contributed by atoms with Crippen LogP contribution >= 0.6 is 0 Å². The quantitative estimate of drug-likeness (QED) is 0.649. The molecule has 4 N–H and O–H groups in total. The Hall–Kier alpha value is -2.86. The lowest BCUT2D eigenvalue weighted by Gasteiger charge is -2.18. The van der Waals surface area contributed by atoms with Crippen molar-refractivity contribution in [3.8, 4) is 5.75 Å². The lowest BCUT2D eigenvalue weighted by atomic mass is 9.93. The molecule has 0 aliphatic carbocycles. The first-order chi connectivity index (χ1) is 11.1. The largest absolute Gasteiger partial charge is 0.508 e. The van der Waals surface area contributed by atoms with E-state index in [-0.39, 0.29) is 5.75 Å². The average molecular weight is 311 g/mol. The van der Waals surface area contributed by atoms with E-state index in [0.29, 0.717) is 11.3 Å². The van der Waals surface area contributed by atoms with Crippen LogP contribution < -0.4 is 16.2 Å². The van der Waals surface area contributed by atoms with E-state index in [2.05, 4.69) is 16.2 Å². The molecular weight excluding hydrogens is 294 g/mol. The molecular formula is C17H17N3O3. The molecule has 2 aromatic carbocycles. The van der Waals surface area contributed by atoms with Gasteiger partial charge in [0.25, 0.3) is 0 Å². The smallest absolute Gasteiger partial charge is 0.248 e. The van der Waals surface area contributed by atoms with Crippen molar-refractivity contribution >= 4 is 17.5 Å². The van der Waals surface area contributed by atoms with Crippen molar-refractivity contribution in [2.45, 2.75) is 13.0 Å². The molecule has 0 aromatic heterocycles. The Morgan fingerprint density at radius 1 is 1.17 bits per heavy atom. The van der Waals surface area contributed by atoms with E-state index in [9.17, 15) is 14.7 Å². The summed E-state index contributed by atoms with van der Waals surface area (Å²) in [5, 5.41) is 12.7. The van der Waals surface area contributed by atoms with E-state index in [1.807, 2.05) is 25.1 Å². The van der Waals surface area contributed by atoms with Crippen molar-refractivity contribution in [3.63, 3.8) is 0 Å². The number of phenols is 1. The van der Waals surface area contributed by atoms with Gasteiger partial charge in [-0.3, -0.25) is 15.0 Å². The number of rotatable bonds is 3. The minimum Gasteiger partial charge on any atom is -0.508 e. The summed E-state index contributed by atoms with van der Waals surface area (Å²) in [4.78, 5) is 24.6. The molecule has 1 heterocycles. The van der Waals surface area contributed by atoms with Crippen LogP contribution in [0.4, 0.5) is 5.69 Å². The number of carbonyl (C=O) groups is 2. The third-order valence-electron chi connectivity index (χ3n) is 3.81. The summed E-state index contributed by atoms with van der Waals surface area (Å²) in [7, 11) is 0. The Kier molecular flexibility index (Phi) is 3.99. The zero-order valence-corrected chi connectivity index (χ0v) is 12.5. The fourth-order valence-corrected chi connectivity index (χ4v) is 2.68. The lowest BCUT2D eigenvalue weighted by Crippen LogP contribution is -2.32. The second kappa shape index (κ2) is 6.10. The van der Waals surface area contributed by atoms with Gasteiger partial charge < -0.3 is 10.4 Å². The van der Waals surface area contributed by atoms with Crippen molar-refractivity contribution in [1.29, 1.82) is 0 Å². The number of nitrogens with one attached hydrogen (secondary N) is 3. The van der Waals surface area contributed by atoms with E-state index >= 15 is 0 Å². The van der Waals surface area contributed by atoms with E-state index in [1.165, 1.54) is 6.07 Å². The third-order valence-corrected chi connectivity index (χ3v) is 3.81. The number of para-hydroxylation sites is 1. The van der Waals surface area contributed by atoms with Crippen LogP contribution in [0.25, 0.3) is 0 Å². The molecule has 1 aliphatic rings. The molecule has 1 fully saturated rings. The maximum absolute atomic E-state index is 12.5. The van der Waals surface area contributed by atoms with Gasteiger partial charge in [0.2, 0.25) is 11.8 Å². The fraction of sp³-hybridized carbons (Fsp3) is 0.176. The zero-order valence-electron chi connectivity index (χ0n) is 12.5. The van der Waals surface area contributed by atoms with Crippen LogP contribution in [0.5, 0.6) is 5.75 Å². The van der Waals surface area contributed by atoms with E-state index < -0.39 is 23.8 Å². The molecule has 1 aliphatic heterocycles. The Morgan fingerprint density at radius 3 is 2.70 bits per heavy atom. The third kappa shape index (κ3) is 3.02. The minimum atomic E-state index is -0.969. The number of hydrogen-bond acceptors (Lipinski definition) is 4. The number of phenolic OH excluding ortho intramolecular Hbond substituents is 1. The predicted octanol–water partition coefficient (Wildman–Crippen LogP) is 1.63. The first kappa shape index (κ1) is 15.1. The number of amides is 2. The second-order valence-corrected chi connectivity index (χ2v) is 5.51. The predicted molar refractivity (Wildman–Crippen MR) is 85.4 cm³/mol. The van der Waals surface area contributed by atoms with Crippen LogP contribution in [0.2, 0.25) is 0 Å². The van der Waals surface area contributed by atoms with Crippen LogP contribution in [0.3, 0.4) is 0 Å². The lowest BCUT2D eigenvalue weighted by molar-refractivity contribution is -0.130. The molecule has 1 saturated heterocycles. The Balaban J connectivity index is 1.85. The molecule has 0 saturated carbocycles. The van der Waals surface area contributed by atoms with Gasteiger partial charge >= 0.3 is 0 Å². The summed E-state index contributed by atoms with van der Waals surface area (Å²) in [6.45, 7) is 1.92. The molecule has 118 valence electrons. The zero-order chi connectivity index (χ0) is 16.4. The molecule has 6 heteroatoms. The van der Waals surface area contributed by atoms with Crippen LogP contribution in [-0.2, 0) is 9.59 Å². The van der Waals surface area contributed by atoms with Gasteiger partial charge in [-0.05, 0) is 30.7 Å². The monoisotopic (exact) mass is 311 g/mol. The Labute approximate surface area is 133 Å². The van der Waals surface area contributed by atoms with Crippen molar-refractivity contribution in [2.75, 3.05) is 5.32 Å². The van der Waals surface area contributed by atoms with Crippen LogP contribution in [0.15, 0.2) is 48.5 Å². The van der Waals surface area contributed by atoms with Crippen molar-refractivity contribution < 1.29 is 14.7 Å². The van der Waals surface area contributed by atoms with Gasteiger partial charge in [0.15, 0.2) is 0 Å². The van der Waals surface area contributed by atoms with Gasteiger partial charge in [-0.2, -0.15) is 0 Å². The summed E-state index contributed by atoms with van der Waals surface area (Å²) in [5.74, 6) is -1.78. The van der Waals surface area contributed by atoms with Crippen molar-refractivity contribution in [2.24, 2.45) is 5.92 Å². The number of carbonyl (C=O) groups excluding carboxylic acids is 2. The number of hydrogen-bond donors (Lipinski definition) is 4. The molecule has 23 heavy (non-hydrogen) atoms. The average Bonchev–Trinajstić information content (AvgIpc) is 2.89. The van der Waals surface area contributed by atoms with Gasteiger partial charge in [-0.25, -0.2) is 5.43 Å². The number of aromatic hydroxyl groups is 1. The summed E-state index contributed by atoms with van der Waals surface area (Å²) >= 11 is 0. The van der Waals surface area contributed by atoms with E-state index in [4.69, 9.17) is 0 Å². The van der Waals surface area contributed by atoms with Gasteiger partial charge in [-0.15, -0.1) is 0 Å². The SMILES string of the molecule is Cc1cccc(NC(=O)[C@H]2C(=O)NN[C@@H]2c2ccccc2O)c1. The summed E-state index contributed by atoms with van der Waals surface area (Å²) in [6.07, 6.45) is 0. The van der Waals surface area contributed by atoms with Gasteiger partial charge in [-0.1, -0.05) is 30.3 Å². The first-order valence-corrected chi connectivity index (χ1v) is 7.27. The molecule has 0 spiro atoms. The molecule has 3 rings (SSSR count). The van der Waals surface area contributed by atoms with Crippen LogP contribution in [0.1, 0.15) is 17.2 Å². The van der Waals surface area contributed by atoms with E-state index in [1.54, 1.807) is 24.3 Å². The summed E-state index contributed by atoms with van der Waals surface area (Å²) < 4.78 is 0. The summed E-state index contributed by atoms with van der Waals surface area (Å²) in [5.41, 5.74) is 7.37. The van der Waals surface area contributed by atoms with Crippen molar-refractivity contribution in [3.05, 3.63) is 59.7 Å². The first-order valence-electron chi connectivity index (χ1n) is 7.27. The second-order valence-electron chi connectivity index (χ2n) is 5.51. The highest BCUT2D eigenvalue weighted by Gasteiger charge is 2.42. The standard InChI is InChI=1S/C17H17N3O3/c1-10-5-4-6-11(9-10)18-16(22)14-15(19-20-17(14)23)12-7-2-3-8-13(12)21/h2-9,14-15,19,21H,1H3,(H,18,22)(H,20,23)/t14-,15+/m0/s1. The molecule has 2 amide bonds. The molecule has 2 aromatic rings. The fourth-order valence-electron chi connectivity index (χ4n) is 2.68.